The van der Waals surface area contributed by atoms with E-state index in [4.69, 9.17) is 0 Å². The second kappa shape index (κ2) is 11.1. The third-order valence-corrected chi connectivity index (χ3v) is 6.92. The summed E-state index contributed by atoms with van der Waals surface area (Å²) < 4.78 is 42.0. The van der Waals surface area contributed by atoms with Gasteiger partial charge < -0.3 is 10.4 Å². The van der Waals surface area contributed by atoms with Crippen LogP contribution in [0.25, 0.3) is 11.1 Å². The maximum absolute atomic E-state index is 14.0. The molecular formula is C31H23F3N2O4. The molecule has 0 aliphatic carbocycles. The molecule has 1 aliphatic heterocycles. The molecule has 5 rings (SSSR count). The van der Waals surface area contributed by atoms with Gasteiger partial charge in [-0.2, -0.15) is 0 Å². The van der Waals surface area contributed by atoms with Crippen LogP contribution in [0.2, 0.25) is 0 Å². The molecule has 9 heteroatoms. The van der Waals surface area contributed by atoms with Gasteiger partial charge in [-0.25, -0.2) is 18.0 Å². The number of halogens is 3. The van der Waals surface area contributed by atoms with Crippen molar-refractivity contribution in [2.24, 2.45) is 0 Å². The number of nitrogens with one attached hydrogen (secondary N) is 1. The number of fused-ring (bicyclic) bond motifs is 1. The van der Waals surface area contributed by atoms with Crippen LogP contribution in [0.4, 0.5) is 18.9 Å². The molecule has 6 nitrogen and oxygen atoms in total. The number of carbonyl (C=O) groups excluding carboxylic acids is 2. The Labute approximate surface area is 227 Å². The Morgan fingerprint density at radius 2 is 1.70 bits per heavy atom. The zero-order valence-corrected chi connectivity index (χ0v) is 21.0. The minimum atomic E-state index is -1.11. The van der Waals surface area contributed by atoms with Crippen LogP contribution >= 0.6 is 0 Å². The van der Waals surface area contributed by atoms with Crippen molar-refractivity contribution in [3.63, 3.8) is 0 Å². The van der Waals surface area contributed by atoms with Gasteiger partial charge in [0.1, 0.15) is 23.2 Å². The van der Waals surface area contributed by atoms with Gasteiger partial charge in [-0.05, 0) is 71.6 Å². The molecule has 0 radical (unpaired) electrons. The number of pyridine rings is 1. The number of carboxylic acid groups (broad SMARTS) is 1. The molecule has 1 amide bonds. The highest BCUT2D eigenvalue weighted by atomic mass is 19.1. The lowest BCUT2D eigenvalue weighted by Gasteiger charge is -2.20. The predicted molar refractivity (Wildman–Crippen MR) is 141 cm³/mol. The summed E-state index contributed by atoms with van der Waals surface area (Å²) in [6.45, 7) is 0. The molecule has 1 aliphatic rings. The minimum absolute atomic E-state index is 0.0468. The molecule has 0 saturated heterocycles. The molecule has 0 fully saturated rings. The first-order valence-corrected chi connectivity index (χ1v) is 12.5. The molecular weight excluding hydrogens is 521 g/mol. The maximum Gasteiger partial charge on any atom is 0.335 e. The molecule has 2 N–H and O–H groups in total. The maximum atomic E-state index is 14.0. The van der Waals surface area contributed by atoms with Gasteiger partial charge >= 0.3 is 5.97 Å². The molecule has 4 aromatic rings. The number of benzene rings is 3. The second-order valence-corrected chi connectivity index (χ2v) is 9.72. The number of nitrogens with zero attached hydrogens (tertiary/aromatic N) is 1. The highest BCUT2D eigenvalue weighted by Crippen LogP contribution is 2.38. The van der Waals surface area contributed by atoms with E-state index in [1.807, 2.05) is 0 Å². The third-order valence-electron chi connectivity index (χ3n) is 6.92. The summed E-state index contributed by atoms with van der Waals surface area (Å²) >= 11 is 0. The first-order valence-electron chi connectivity index (χ1n) is 12.5. The van der Waals surface area contributed by atoms with Crippen molar-refractivity contribution in [3.8, 4) is 11.1 Å². The van der Waals surface area contributed by atoms with E-state index in [1.54, 1.807) is 24.3 Å². The quantitative estimate of drug-likeness (QED) is 0.259. The standard InChI is InChI=1S/C31H23F3N2O4/c32-21-6-7-28-26(15-21)27(30(38)36-28)16-24(37)13-20(9-17-10-22(33)14-23(34)11-17)29-25(5-2-8-35-29)18-3-1-4-19(12-18)31(39)40/h1-8,10-12,14-15,20,27H,9,13,16H2,(H,36,38)(H,39,40)/t20-,27?/m1/s1. The van der Waals surface area contributed by atoms with Gasteiger partial charge in [-0.15, -0.1) is 0 Å². The molecule has 0 saturated carbocycles. The number of rotatable bonds is 9. The lowest BCUT2D eigenvalue weighted by atomic mass is 9.84. The third kappa shape index (κ3) is 5.78. The van der Waals surface area contributed by atoms with E-state index < -0.39 is 41.2 Å². The molecule has 0 spiro atoms. The Morgan fingerprint density at radius 3 is 2.45 bits per heavy atom. The number of aromatic nitrogens is 1. The van der Waals surface area contributed by atoms with Gasteiger partial charge in [0.25, 0.3) is 0 Å². The predicted octanol–water partition coefficient (Wildman–Crippen LogP) is 6.28. The number of carbonyl (C=O) groups is 3. The number of hydrogen-bond donors (Lipinski definition) is 2. The normalized spacial score (nSPS) is 14.9. The van der Waals surface area contributed by atoms with E-state index in [9.17, 15) is 32.7 Å². The van der Waals surface area contributed by atoms with E-state index >= 15 is 0 Å². The lowest BCUT2D eigenvalue weighted by Crippen LogP contribution is -2.19. The van der Waals surface area contributed by atoms with Gasteiger partial charge in [0, 0.05) is 42.3 Å². The van der Waals surface area contributed by atoms with Crippen molar-refractivity contribution in [2.75, 3.05) is 5.32 Å². The fourth-order valence-corrected chi connectivity index (χ4v) is 5.17. The second-order valence-electron chi connectivity index (χ2n) is 9.72. The lowest BCUT2D eigenvalue weighted by molar-refractivity contribution is -0.124. The Kier molecular flexibility index (Phi) is 7.46. The largest absolute Gasteiger partial charge is 0.478 e. The van der Waals surface area contributed by atoms with E-state index in [0.29, 0.717) is 33.6 Å². The average molecular weight is 545 g/mol. The molecule has 0 bridgehead atoms. The van der Waals surface area contributed by atoms with Crippen LogP contribution in [0.5, 0.6) is 0 Å². The van der Waals surface area contributed by atoms with Crippen molar-refractivity contribution < 1.29 is 32.7 Å². The fourth-order valence-electron chi connectivity index (χ4n) is 5.17. The van der Waals surface area contributed by atoms with Crippen LogP contribution in [0, 0.1) is 17.5 Å². The molecule has 40 heavy (non-hydrogen) atoms. The van der Waals surface area contributed by atoms with Crippen LogP contribution in [-0.2, 0) is 16.0 Å². The Morgan fingerprint density at radius 1 is 0.925 bits per heavy atom. The topological polar surface area (TPSA) is 96.4 Å². The average Bonchev–Trinajstić information content (AvgIpc) is 3.21. The SMILES string of the molecule is O=C(CC1C(=O)Nc2ccc(F)cc21)C[C@@H](Cc1cc(F)cc(F)c1)c1ncccc1-c1cccc(C(=O)O)c1. The van der Waals surface area contributed by atoms with Crippen molar-refractivity contribution >= 4 is 23.3 Å². The summed E-state index contributed by atoms with van der Waals surface area (Å²) in [5, 5.41) is 12.1. The van der Waals surface area contributed by atoms with Gasteiger partial charge in [0.05, 0.1) is 17.2 Å². The first kappa shape index (κ1) is 26.8. The van der Waals surface area contributed by atoms with Crippen LogP contribution in [0.3, 0.4) is 0 Å². The number of hydrogen-bond acceptors (Lipinski definition) is 4. The van der Waals surface area contributed by atoms with Crippen molar-refractivity contribution in [2.45, 2.75) is 31.1 Å². The smallest absolute Gasteiger partial charge is 0.335 e. The molecule has 2 atom stereocenters. The summed E-state index contributed by atoms with van der Waals surface area (Å²) in [6, 6.07) is 16.6. The molecule has 2 heterocycles. The van der Waals surface area contributed by atoms with E-state index in [0.717, 1.165) is 6.07 Å². The monoisotopic (exact) mass is 544 g/mol. The van der Waals surface area contributed by atoms with Crippen LogP contribution < -0.4 is 5.32 Å². The Bertz CT molecular complexity index is 1620. The number of Topliss-reactive ketones (excluding diaryl/α,β-unsaturated/α-hetero) is 1. The Hall–Kier alpha value is -4.79. The summed E-state index contributed by atoms with van der Waals surface area (Å²) in [5.74, 6) is -5.46. The van der Waals surface area contributed by atoms with Gasteiger partial charge in [-0.1, -0.05) is 18.2 Å². The summed E-state index contributed by atoms with van der Waals surface area (Å²) in [4.78, 5) is 42.1. The number of aromatic carboxylic acids is 1. The molecule has 3 aromatic carbocycles. The minimum Gasteiger partial charge on any atom is -0.478 e. The van der Waals surface area contributed by atoms with Gasteiger partial charge in [0.2, 0.25) is 5.91 Å². The zero-order valence-electron chi connectivity index (χ0n) is 21.0. The summed E-state index contributed by atoms with van der Waals surface area (Å²) in [5.41, 5.74) is 2.75. The number of amides is 1. The van der Waals surface area contributed by atoms with Crippen molar-refractivity contribution in [3.05, 3.63) is 119 Å². The number of anilines is 1. The first-order chi connectivity index (χ1) is 19.2. The zero-order chi connectivity index (χ0) is 28.4. The van der Waals surface area contributed by atoms with Gasteiger partial charge in [-0.3, -0.25) is 14.6 Å². The molecule has 1 aromatic heterocycles. The summed E-state index contributed by atoms with van der Waals surface area (Å²) in [7, 11) is 0. The molecule has 202 valence electrons. The molecule has 1 unspecified atom stereocenters. The number of ketones is 1. The highest BCUT2D eigenvalue weighted by molar-refractivity contribution is 6.05. The van der Waals surface area contributed by atoms with Crippen LogP contribution in [-0.4, -0.2) is 27.8 Å². The Balaban J connectivity index is 1.50. The van der Waals surface area contributed by atoms with Crippen molar-refractivity contribution in [1.29, 1.82) is 0 Å². The highest BCUT2D eigenvalue weighted by Gasteiger charge is 2.33. The van der Waals surface area contributed by atoms with Crippen LogP contribution in [0.15, 0.2) is 79.0 Å². The van der Waals surface area contributed by atoms with Crippen LogP contribution in [0.1, 0.15) is 51.9 Å². The number of carboxylic acids is 1. The van der Waals surface area contributed by atoms with Gasteiger partial charge in [0.15, 0.2) is 0 Å². The van der Waals surface area contributed by atoms with Crippen molar-refractivity contribution in [1.82, 2.24) is 4.98 Å². The fraction of sp³-hybridized carbons (Fsp3) is 0.161. The van der Waals surface area contributed by atoms with E-state index in [2.05, 4.69) is 10.3 Å². The van der Waals surface area contributed by atoms with E-state index in [-0.39, 0.29) is 30.6 Å². The van der Waals surface area contributed by atoms with E-state index in [1.165, 1.54) is 48.7 Å². The summed E-state index contributed by atoms with van der Waals surface area (Å²) in [6.07, 6.45) is 1.24.